The van der Waals surface area contributed by atoms with E-state index in [9.17, 15) is 4.79 Å². The van der Waals surface area contributed by atoms with Gasteiger partial charge in [-0.3, -0.25) is 4.79 Å². The average molecular weight is 380 g/mol. The Morgan fingerprint density at radius 1 is 1.33 bits per heavy atom. The summed E-state index contributed by atoms with van der Waals surface area (Å²) in [6, 6.07) is 0. The minimum Gasteiger partial charge on any atom is -0.465 e. The van der Waals surface area contributed by atoms with Crippen LogP contribution in [0.2, 0.25) is 0 Å². The van der Waals surface area contributed by atoms with E-state index in [2.05, 4.69) is 31.9 Å². The molecule has 0 aromatic carbocycles. The monoisotopic (exact) mass is 378 g/mol. The predicted octanol–water partition coefficient (Wildman–Crippen LogP) is 4.05. The number of halogens is 2. The van der Waals surface area contributed by atoms with Crippen molar-refractivity contribution in [1.82, 2.24) is 0 Å². The minimum atomic E-state index is -0.169. The van der Waals surface area contributed by atoms with Gasteiger partial charge in [-0.2, -0.15) is 0 Å². The van der Waals surface area contributed by atoms with Gasteiger partial charge in [0.15, 0.2) is 0 Å². The van der Waals surface area contributed by atoms with E-state index in [0.717, 1.165) is 11.8 Å². The molecule has 0 heterocycles. The molecule has 4 saturated carbocycles. The van der Waals surface area contributed by atoms with Crippen molar-refractivity contribution in [2.45, 2.75) is 54.6 Å². The van der Waals surface area contributed by atoms with E-state index in [1.807, 2.05) is 0 Å². The van der Waals surface area contributed by atoms with Crippen LogP contribution in [0.5, 0.6) is 0 Å². The highest BCUT2D eigenvalue weighted by Crippen LogP contribution is 2.66. The predicted molar refractivity (Wildman–Crippen MR) is 78.1 cm³/mol. The summed E-state index contributed by atoms with van der Waals surface area (Å²) in [5, 5.41) is 0. The number of rotatable bonds is 3. The average Bonchev–Trinajstić information content (AvgIpc) is 2.22. The standard InChI is InChI=1S/C14H20Br2O2/c1-9(17)18-7-12(15)13-3-10-2-11(4-13)6-14(16,5-10)8-13/h10-12H,2-8H2,1H3. The fourth-order valence-corrected chi connectivity index (χ4v) is 7.10. The second kappa shape index (κ2) is 4.47. The molecule has 0 aliphatic heterocycles. The molecule has 0 aromatic rings. The molecule has 3 atom stereocenters. The summed E-state index contributed by atoms with van der Waals surface area (Å²) < 4.78 is 5.60. The topological polar surface area (TPSA) is 26.3 Å². The summed E-state index contributed by atoms with van der Waals surface area (Å²) in [7, 11) is 0. The highest BCUT2D eigenvalue weighted by molar-refractivity contribution is 9.10. The summed E-state index contributed by atoms with van der Waals surface area (Å²) in [5.74, 6) is 1.59. The largest absolute Gasteiger partial charge is 0.465 e. The lowest BCUT2D eigenvalue weighted by Crippen LogP contribution is -2.56. The van der Waals surface area contributed by atoms with Crippen LogP contribution in [0.15, 0.2) is 0 Å². The van der Waals surface area contributed by atoms with Crippen LogP contribution in [0, 0.1) is 17.3 Å². The molecule has 0 N–H and O–H groups in total. The Kier molecular flexibility index (Phi) is 3.33. The van der Waals surface area contributed by atoms with Gasteiger partial charge in [-0.05, 0) is 55.8 Å². The molecular formula is C14H20Br2O2. The van der Waals surface area contributed by atoms with Crippen LogP contribution in [0.4, 0.5) is 0 Å². The Hall–Kier alpha value is 0.430. The smallest absolute Gasteiger partial charge is 0.302 e. The SMILES string of the molecule is CC(=O)OCC(Br)C12CC3CC(CC(Br)(C3)C1)C2. The molecule has 4 aliphatic rings. The molecule has 4 fully saturated rings. The van der Waals surface area contributed by atoms with Gasteiger partial charge in [-0.1, -0.05) is 31.9 Å². The van der Waals surface area contributed by atoms with Gasteiger partial charge < -0.3 is 4.74 Å². The van der Waals surface area contributed by atoms with Gasteiger partial charge in [-0.25, -0.2) is 0 Å². The van der Waals surface area contributed by atoms with E-state index >= 15 is 0 Å². The first kappa shape index (κ1) is 13.4. The second-order valence-electron chi connectivity index (χ2n) is 6.74. The van der Waals surface area contributed by atoms with Gasteiger partial charge in [0.05, 0.1) is 4.83 Å². The van der Waals surface area contributed by atoms with Gasteiger partial charge >= 0.3 is 5.97 Å². The summed E-state index contributed by atoms with van der Waals surface area (Å²) in [6.45, 7) is 2.02. The maximum atomic E-state index is 11.0. The summed E-state index contributed by atoms with van der Waals surface area (Å²) in [5.41, 5.74) is 0.350. The molecule has 4 bridgehead atoms. The number of carbonyl (C=O) groups excluding carboxylic acids is 1. The molecule has 2 nitrogen and oxygen atoms in total. The first-order valence-electron chi connectivity index (χ1n) is 6.87. The van der Waals surface area contributed by atoms with Crippen LogP contribution in [-0.4, -0.2) is 21.7 Å². The number of hydrogen-bond acceptors (Lipinski definition) is 2. The van der Waals surface area contributed by atoms with E-state index in [-0.39, 0.29) is 5.97 Å². The molecule has 0 aromatic heterocycles. The van der Waals surface area contributed by atoms with Gasteiger partial charge in [0, 0.05) is 11.2 Å². The lowest BCUT2D eigenvalue weighted by Gasteiger charge is -2.61. The summed E-state index contributed by atoms with van der Waals surface area (Å²) >= 11 is 7.83. The van der Waals surface area contributed by atoms with Crippen molar-refractivity contribution < 1.29 is 9.53 Å². The van der Waals surface area contributed by atoms with Crippen LogP contribution >= 0.6 is 31.9 Å². The van der Waals surface area contributed by atoms with Crippen LogP contribution < -0.4 is 0 Å². The van der Waals surface area contributed by atoms with Gasteiger partial charge in [-0.15, -0.1) is 0 Å². The van der Waals surface area contributed by atoms with Crippen molar-refractivity contribution in [3.05, 3.63) is 0 Å². The third-order valence-electron chi connectivity index (χ3n) is 5.13. The molecular weight excluding hydrogens is 360 g/mol. The highest BCUT2D eigenvalue weighted by atomic mass is 79.9. The molecule has 4 aliphatic carbocycles. The molecule has 4 rings (SSSR count). The number of esters is 1. The van der Waals surface area contributed by atoms with Crippen LogP contribution in [0.1, 0.15) is 45.4 Å². The van der Waals surface area contributed by atoms with Crippen molar-refractivity contribution in [1.29, 1.82) is 0 Å². The van der Waals surface area contributed by atoms with Crippen LogP contribution in [-0.2, 0) is 9.53 Å². The molecule has 102 valence electrons. The van der Waals surface area contributed by atoms with Crippen molar-refractivity contribution in [3.63, 3.8) is 0 Å². The normalized spacial score (nSPS) is 47.1. The third kappa shape index (κ3) is 2.28. The van der Waals surface area contributed by atoms with Gasteiger partial charge in [0.25, 0.3) is 0 Å². The van der Waals surface area contributed by atoms with Crippen LogP contribution in [0.25, 0.3) is 0 Å². The molecule has 18 heavy (non-hydrogen) atoms. The number of ether oxygens (including phenoxy) is 1. The Balaban J connectivity index is 1.76. The maximum Gasteiger partial charge on any atom is 0.302 e. The van der Waals surface area contributed by atoms with Crippen molar-refractivity contribution in [2.24, 2.45) is 17.3 Å². The fourth-order valence-electron chi connectivity index (χ4n) is 4.95. The zero-order chi connectivity index (χ0) is 13.0. The molecule has 0 saturated heterocycles. The summed E-state index contributed by atoms with van der Waals surface area (Å²) in [4.78, 5) is 11.3. The van der Waals surface area contributed by atoms with Gasteiger partial charge in [0.2, 0.25) is 0 Å². The molecule has 0 radical (unpaired) electrons. The third-order valence-corrected chi connectivity index (χ3v) is 7.30. The van der Waals surface area contributed by atoms with E-state index in [1.54, 1.807) is 0 Å². The van der Waals surface area contributed by atoms with E-state index < -0.39 is 0 Å². The zero-order valence-electron chi connectivity index (χ0n) is 10.8. The number of alkyl halides is 2. The molecule has 0 amide bonds. The minimum absolute atomic E-state index is 0.169. The first-order valence-corrected chi connectivity index (χ1v) is 8.58. The van der Waals surface area contributed by atoms with E-state index in [1.165, 1.54) is 45.4 Å². The Labute approximate surface area is 125 Å². The molecule has 0 spiro atoms. The Morgan fingerprint density at radius 2 is 1.94 bits per heavy atom. The lowest BCUT2D eigenvalue weighted by atomic mass is 9.49. The van der Waals surface area contributed by atoms with E-state index in [4.69, 9.17) is 4.74 Å². The van der Waals surface area contributed by atoms with Crippen molar-refractivity contribution >= 4 is 37.8 Å². The molecule has 3 unspecified atom stereocenters. The second-order valence-corrected chi connectivity index (χ2v) is 9.53. The zero-order valence-corrected chi connectivity index (χ0v) is 13.9. The maximum absolute atomic E-state index is 11.0. The van der Waals surface area contributed by atoms with Crippen molar-refractivity contribution in [2.75, 3.05) is 6.61 Å². The van der Waals surface area contributed by atoms with Crippen molar-refractivity contribution in [3.8, 4) is 0 Å². The number of hydrogen-bond donors (Lipinski definition) is 0. The summed E-state index contributed by atoms with van der Waals surface area (Å²) in [6.07, 6.45) is 7.98. The van der Waals surface area contributed by atoms with Crippen LogP contribution in [0.3, 0.4) is 0 Å². The Morgan fingerprint density at radius 3 is 2.44 bits per heavy atom. The number of carbonyl (C=O) groups is 1. The van der Waals surface area contributed by atoms with Gasteiger partial charge in [0.1, 0.15) is 6.61 Å². The fraction of sp³-hybridized carbons (Fsp3) is 0.929. The molecule has 4 heteroatoms. The highest BCUT2D eigenvalue weighted by Gasteiger charge is 2.58. The lowest BCUT2D eigenvalue weighted by molar-refractivity contribution is -0.142. The first-order chi connectivity index (χ1) is 8.41. The van der Waals surface area contributed by atoms with E-state index in [0.29, 0.717) is 21.2 Å². The quantitative estimate of drug-likeness (QED) is 0.546. The Bertz CT molecular complexity index is 355.